The van der Waals surface area contributed by atoms with E-state index in [0.29, 0.717) is 42.3 Å². The van der Waals surface area contributed by atoms with Crippen molar-refractivity contribution in [1.82, 2.24) is 24.6 Å². The van der Waals surface area contributed by atoms with E-state index >= 15 is 4.39 Å². The molecule has 6 rings (SSSR count). The zero-order chi connectivity index (χ0) is 30.7. The number of fused-ring (bicyclic) bond motifs is 1. The van der Waals surface area contributed by atoms with Crippen molar-refractivity contribution in [2.24, 2.45) is 13.0 Å². The monoisotopic (exact) mass is 600 g/mol. The molecule has 43 heavy (non-hydrogen) atoms. The Kier molecular flexibility index (Phi) is 7.58. The fourth-order valence-corrected chi connectivity index (χ4v) is 6.64. The van der Waals surface area contributed by atoms with Gasteiger partial charge in [0.1, 0.15) is 11.9 Å². The van der Waals surface area contributed by atoms with Crippen LogP contribution in [0.3, 0.4) is 0 Å². The van der Waals surface area contributed by atoms with E-state index in [2.05, 4.69) is 40.9 Å². The van der Waals surface area contributed by atoms with E-state index in [4.69, 9.17) is 4.74 Å². The average molecular weight is 601 g/mol. The van der Waals surface area contributed by atoms with Crippen molar-refractivity contribution < 1.29 is 27.1 Å². The zero-order valence-electron chi connectivity index (χ0n) is 24.7. The molecule has 0 bridgehead atoms. The number of aromatic nitrogens is 3. The lowest BCUT2D eigenvalue weighted by Crippen LogP contribution is -2.53. The second-order valence-corrected chi connectivity index (χ2v) is 12.3. The number of nitrogens with zero attached hydrogens (tertiary/aromatic N) is 6. The van der Waals surface area contributed by atoms with E-state index in [1.54, 1.807) is 37.4 Å². The molecule has 8 nitrogen and oxygen atoms in total. The Morgan fingerprint density at radius 3 is 2.53 bits per heavy atom. The molecule has 12 heteroatoms. The fourth-order valence-electron chi connectivity index (χ4n) is 6.64. The van der Waals surface area contributed by atoms with Crippen molar-refractivity contribution >= 4 is 11.6 Å². The summed E-state index contributed by atoms with van der Waals surface area (Å²) in [5.74, 6) is -0.0756. The molecule has 4 heterocycles. The van der Waals surface area contributed by atoms with Crippen LogP contribution in [0.4, 0.5) is 23.2 Å². The highest BCUT2D eigenvalue weighted by Crippen LogP contribution is 2.50. The maximum atomic E-state index is 15.9. The van der Waals surface area contributed by atoms with Crippen LogP contribution in [0.5, 0.6) is 0 Å². The maximum Gasteiger partial charge on any atom is 0.416 e. The molecule has 3 aliphatic rings. The number of aryl methyl sites for hydroxylation is 1. The smallest absolute Gasteiger partial charge is 0.367 e. The van der Waals surface area contributed by atoms with Crippen molar-refractivity contribution in [3.05, 3.63) is 76.4 Å². The third kappa shape index (κ3) is 5.23. The van der Waals surface area contributed by atoms with Gasteiger partial charge in [0.15, 0.2) is 12.0 Å². The van der Waals surface area contributed by atoms with Gasteiger partial charge in [-0.25, -0.2) is 4.39 Å². The number of hydrogen-bond acceptors (Lipinski definition) is 6. The summed E-state index contributed by atoms with van der Waals surface area (Å²) < 4.78 is 66.4. The molecule has 3 atom stereocenters. The van der Waals surface area contributed by atoms with E-state index in [-0.39, 0.29) is 29.5 Å². The van der Waals surface area contributed by atoms with Crippen LogP contribution >= 0.6 is 0 Å². The van der Waals surface area contributed by atoms with Gasteiger partial charge in [0, 0.05) is 56.9 Å². The van der Waals surface area contributed by atoms with E-state index in [1.165, 1.54) is 21.9 Å². The highest BCUT2D eigenvalue weighted by atomic mass is 19.4. The predicted molar refractivity (Wildman–Crippen MR) is 152 cm³/mol. The molecule has 2 aromatic carbocycles. The Balaban J connectivity index is 1.32. The topological polar surface area (TPSA) is 66.7 Å². The Labute approximate surface area is 248 Å². The van der Waals surface area contributed by atoms with Gasteiger partial charge in [0.05, 0.1) is 18.7 Å². The summed E-state index contributed by atoms with van der Waals surface area (Å²) in [4.78, 5) is 19.5. The molecule has 1 aromatic heterocycles. The van der Waals surface area contributed by atoms with Crippen molar-refractivity contribution in [3.63, 3.8) is 0 Å². The lowest BCUT2D eigenvalue weighted by atomic mass is 9.81. The normalized spacial score (nSPS) is 24.0. The average Bonchev–Trinajstić information content (AvgIpc) is 3.51. The SMILES string of the molecule is CC(C)[C@H]1CN(C)CCN1Cc1cc2c(c(C(F)(F)F)c1)CN(c1cccc(C3(C(F)c4nncn4C)CCO3)c1)C2=O. The van der Waals surface area contributed by atoms with Crippen molar-refractivity contribution in [1.29, 1.82) is 0 Å². The summed E-state index contributed by atoms with van der Waals surface area (Å²) in [6.45, 7) is 7.07. The number of amides is 1. The number of carbonyl (C=O) groups is 1. The van der Waals surface area contributed by atoms with E-state index in [1.807, 2.05) is 0 Å². The van der Waals surface area contributed by atoms with Crippen LogP contribution in [0.2, 0.25) is 0 Å². The van der Waals surface area contributed by atoms with Gasteiger partial charge in [-0.15, -0.1) is 10.2 Å². The molecule has 0 aliphatic carbocycles. The minimum Gasteiger partial charge on any atom is -0.367 e. The first-order chi connectivity index (χ1) is 20.4. The lowest BCUT2D eigenvalue weighted by Gasteiger charge is -2.44. The van der Waals surface area contributed by atoms with Crippen molar-refractivity contribution in [2.45, 2.75) is 57.3 Å². The standard InChI is InChI=1S/C31H36F4N6O2/c1-19(2)26-17-38(3)9-10-40(26)15-20-12-23-24(25(13-20)31(33,34)35)16-41(29(23)42)22-7-5-6-21(14-22)30(8-11-43-30)27(32)28-37-36-18-39(28)4/h5-7,12-14,18-19,26-27H,8-11,15-17H2,1-4H3/t26-,27?,30?/m1/s1. The van der Waals surface area contributed by atoms with Crippen LogP contribution in [-0.2, 0) is 36.7 Å². The third-order valence-corrected chi connectivity index (χ3v) is 9.16. The fraction of sp³-hybridized carbons (Fsp3) is 0.516. The first kappa shape index (κ1) is 29.7. The number of anilines is 1. The number of hydrogen-bond donors (Lipinski definition) is 0. The molecular weight excluding hydrogens is 564 g/mol. The third-order valence-electron chi connectivity index (χ3n) is 9.16. The quantitative estimate of drug-likeness (QED) is 0.352. The molecule has 0 N–H and O–H groups in total. The van der Waals surface area contributed by atoms with Crippen LogP contribution in [0, 0.1) is 5.92 Å². The van der Waals surface area contributed by atoms with Gasteiger partial charge < -0.3 is 19.1 Å². The minimum atomic E-state index is -4.63. The second-order valence-electron chi connectivity index (χ2n) is 12.3. The molecule has 0 radical (unpaired) electrons. The summed E-state index contributed by atoms with van der Waals surface area (Å²) in [7, 11) is 3.69. The summed E-state index contributed by atoms with van der Waals surface area (Å²) in [5.41, 5.74) is -0.755. The summed E-state index contributed by atoms with van der Waals surface area (Å²) in [5, 5.41) is 7.69. The maximum absolute atomic E-state index is 15.9. The minimum absolute atomic E-state index is 0.0394. The highest BCUT2D eigenvalue weighted by molar-refractivity contribution is 6.10. The van der Waals surface area contributed by atoms with Crippen molar-refractivity contribution in [2.75, 3.05) is 38.2 Å². The number of rotatable bonds is 7. The number of alkyl halides is 4. The van der Waals surface area contributed by atoms with E-state index in [9.17, 15) is 18.0 Å². The Morgan fingerprint density at radius 1 is 1.14 bits per heavy atom. The molecule has 2 unspecified atom stereocenters. The molecule has 2 saturated heterocycles. The summed E-state index contributed by atoms with van der Waals surface area (Å²) in [6.07, 6.45) is -4.47. The molecule has 1 amide bonds. The van der Waals surface area contributed by atoms with Crippen LogP contribution in [0.25, 0.3) is 0 Å². The van der Waals surface area contributed by atoms with Gasteiger partial charge in [0.25, 0.3) is 5.91 Å². The first-order valence-electron chi connectivity index (χ1n) is 14.6. The largest absolute Gasteiger partial charge is 0.416 e. The first-order valence-corrected chi connectivity index (χ1v) is 14.6. The number of ether oxygens (including phenoxy) is 1. The summed E-state index contributed by atoms with van der Waals surface area (Å²) >= 11 is 0. The number of halogens is 4. The Hall–Kier alpha value is -3.35. The molecule has 0 saturated carbocycles. The molecule has 0 spiro atoms. The van der Waals surface area contributed by atoms with Gasteiger partial charge in [-0.2, -0.15) is 13.2 Å². The van der Waals surface area contributed by atoms with Crippen LogP contribution in [-0.4, -0.2) is 69.8 Å². The van der Waals surface area contributed by atoms with E-state index < -0.39 is 29.4 Å². The number of benzene rings is 2. The molecule has 3 aliphatic heterocycles. The van der Waals surface area contributed by atoms with Crippen LogP contribution < -0.4 is 4.90 Å². The summed E-state index contributed by atoms with van der Waals surface area (Å²) in [6, 6.07) is 9.68. The number of piperazine rings is 1. The van der Waals surface area contributed by atoms with Gasteiger partial charge in [-0.05, 0) is 53.9 Å². The zero-order valence-corrected chi connectivity index (χ0v) is 24.7. The highest BCUT2D eigenvalue weighted by Gasteiger charge is 2.51. The van der Waals surface area contributed by atoms with Gasteiger partial charge in [-0.1, -0.05) is 26.0 Å². The van der Waals surface area contributed by atoms with Gasteiger partial charge >= 0.3 is 6.18 Å². The molecule has 2 fully saturated rings. The lowest BCUT2D eigenvalue weighted by molar-refractivity contribution is -0.198. The van der Waals surface area contributed by atoms with Crippen LogP contribution in [0.15, 0.2) is 42.7 Å². The Bertz CT molecular complexity index is 1520. The molecule has 3 aromatic rings. The number of likely N-dealkylation sites (N-methyl/N-ethyl adjacent to an activating group) is 1. The molecular formula is C31H36F4N6O2. The van der Waals surface area contributed by atoms with Gasteiger partial charge in [-0.3, -0.25) is 9.69 Å². The Morgan fingerprint density at radius 2 is 1.91 bits per heavy atom. The predicted octanol–water partition coefficient (Wildman–Crippen LogP) is 5.09. The number of carbonyl (C=O) groups excluding carboxylic acids is 1. The van der Waals surface area contributed by atoms with E-state index in [0.717, 1.165) is 19.6 Å². The van der Waals surface area contributed by atoms with Crippen LogP contribution in [0.1, 0.15) is 64.9 Å². The van der Waals surface area contributed by atoms with Crippen molar-refractivity contribution in [3.8, 4) is 0 Å². The molecule has 230 valence electrons. The van der Waals surface area contributed by atoms with Gasteiger partial charge in [0.2, 0.25) is 0 Å². The second kappa shape index (κ2) is 11.0.